The van der Waals surface area contributed by atoms with Crippen LogP contribution in [-0.4, -0.2) is 34.4 Å². The first-order chi connectivity index (χ1) is 9.13. The standard InChI is InChI=1S/C14H16N2O3/c17-11-2-1-9-5-6-16(8-10(9)7-11)14(19)12-3-4-13(18)15-12/h1-2,7,12,17H,3-6,8H2,(H,15,18)/t12-/m1/s1. The van der Waals surface area contributed by atoms with Crippen LogP contribution in [0, 0.1) is 0 Å². The SMILES string of the molecule is O=C1CC[C@H](C(=O)N2CCc3ccc(O)cc3C2)N1. The molecule has 0 aromatic heterocycles. The molecule has 2 amide bonds. The number of aromatic hydroxyl groups is 1. The molecule has 2 aliphatic rings. The molecule has 3 rings (SSSR count). The van der Waals surface area contributed by atoms with Gasteiger partial charge in [-0.05, 0) is 36.1 Å². The number of carbonyl (C=O) groups is 2. The van der Waals surface area contributed by atoms with Gasteiger partial charge >= 0.3 is 0 Å². The van der Waals surface area contributed by atoms with Gasteiger partial charge in [0.15, 0.2) is 0 Å². The van der Waals surface area contributed by atoms with Crippen LogP contribution in [-0.2, 0) is 22.6 Å². The summed E-state index contributed by atoms with van der Waals surface area (Å²) in [5, 5.41) is 12.2. The minimum Gasteiger partial charge on any atom is -0.508 e. The van der Waals surface area contributed by atoms with E-state index in [2.05, 4.69) is 5.32 Å². The van der Waals surface area contributed by atoms with Gasteiger partial charge in [0.05, 0.1) is 0 Å². The van der Waals surface area contributed by atoms with Crippen LogP contribution in [0.25, 0.3) is 0 Å². The first kappa shape index (κ1) is 12.0. The molecule has 0 unspecified atom stereocenters. The Morgan fingerprint density at radius 1 is 1.32 bits per heavy atom. The lowest BCUT2D eigenvalue weighted by molar-refractivity contribution is -0.135. The summed E-state index contributed by atoms with van der Waals surface area (Å²) in [6, 6.07) is 4.92. The van der Waals surface area contributed by atoms with Crippen LogP contribution in [0.2, 0.25) is 0 Å². The number of fused-ring (bicyclic) bond motifs is 1. The average molecular weight is 260 g/mol. The number of phenolic OH excluding ortho intramolecular Hbond substituents is 1. The highest BCUT2D eigenvalue weighted by molar-refractivity contribution is 5.90. The molecule has 1 aromatic carbocycles. The van der Waals surface area contributed by atoms with E-state index in [1.165, 1.54) is 5.56 Å². The maximum absolute atomic E-state index is 12.3. The molecule has 1 saturated heterocycles. The van der Waals surface area contributed by atoms with E-state index in [0.29, 0.717) is 25.9 Å². The molecule has 2 aliphatic heterocycles. The largest absolute Gasteiger partial charge is 0.508 e. The minimum atomic E-state index is -0.369. The molecule has 0 saturated carbocycles. The third-order valence-corrected chi connectivity index (χ3v) is 3.81. The van der Waals surface area contributed by atoms with E-state index in [0.717, 1.165) is 12.0 Å². The van der Waals surface area contributed by atoms with E-state index in [1.54, 1.807) is 17.0 Å². The van der Waals surface area contributed by atoms with Crippen molar-refractivity contribution in [3.05, 3.63) is 29.3 Å². The number of hydrogen-bond acceptors (Lipinski definition) is 3. The zero-order chi connectivity index (χ0) is 13.4. The topological polar surface area (TPSA) is 69.6 Å². The lowest BCUT2D eigenvalue weighted by atomic mass is 9.99. The predicted molar refractivity (Wildman–Crippen MR) is 68.4 cm³/mol. The number of nitrogens with zero attached hydrogens (tertiary/aromatic N) is 1. The van der Waals surface area contributed by atoms with E-state index in [4.69, 9.17) is 0 Å². The first-order valence-corrected chi connectivity index (χ1v) is 6.52. The van der Waals surface area contributed by atoms with Crippen LogP contribution in [0.1, 0.15) is 24.0 Å². The summed E-state index contributed by atoms with van der Waals surface area (Å²) in [4.78, 5) is 25.2. The Hall–Kier alpha value is -2.04. The molecule has 5 nitrogen and oxygen atoms in total. The summed E-state index contributed by atoms with van der Waals surface area (Å²) >= 11 is 0. The Morgan fingerprint density at radius 2 is 2.16 bits per heavy atom. The third-order valence-electron chi connectivity index (χ3n) is 3.81. The second-order valence-corrected chi connectivity index (χ2v) is 5.12. The number of nitrogens with one attached hydrogen (secondary N) is 1. The smallest absolute Gasteiger partial charge is 0.245 e. The van der Waals surface area contributed by atoms with Crippen molar-refractivity contribution in [2.24, 2.45) is 0 Å². The summed E-state index contributed by atoms with van der Waals surface area (Å²) in [5.74, 6) is 0.162. The molecule has 19 heavy (non-hydrogen) atoms. The van der Waals surface area contributed by atoms with Crippen LogP contribution >= 0.6 is 0 Å². The normalized spacial score (nSPS) is 22.0. The van der Waals surface area contributed by atoms with E-state index in [-0.39, 0.29) is 23.6 Å². The molecule has 0 spiro atoms. The molecular formula is C14H16N2O3. The van der Waals surface area contributed by atoms with Gasteiger partial charge in [-0.1, -0.05) is 6.07 Å². The molecule has 2 N–H and O–H groups in total. The molecule has 1 aromatic rings. The van der Waals surface area contributed by atoms with E-state index < -0.39 is 0 Å². The fourth-order valence-electron chi connectivity index (χ4n) is 2.75. The number of benzene rings is 1. The summed E-state index contributed by atoms with van der Waals surface area (Å²) < 4.78 is 0. The summed E-state index contributed by atoms with van der Waals surface area (Å²) in [7, 11) is 0. The van der Waals surface area contributed by atoms with E-state index >= 15 is 0 Å². The van der Waals surface area contributed by atoms with Crippen LogP contribution in [0.4, 0.5) is 0 Å². The Bertz CT molecular complexity index is 541. The molecule has 100 valence electrons. The van der Waals surface area contributed by atoms with Crippen molar-refractivity contribution in [1.82, 2.24) is 10.2 Å². The maximum atomic E-state index is 12.3. The monoisotopic (exact) mass is 260 g/mol. The molecule has 0 aliphatic carbocycles. The maximum Gasteiger partial charge on any atom is 0.245 e. The van der Waals surface area contributed by atoms with Crippen molar-refractivity contribution in [3.8, 4) is 5.75 Å². The predicted octanol–water partition coefficient (Wildman–Crippen LogP) is 0.555. The lowest BCUT2D eigenvalue weighted by Crippen LogP contribution is -2.46. The molecule has 0 bridgehead atoms. The van der Waals surface area contributed by atoms with Crippen molar-refractivity contribution in [3.63, 3.8) is 0 Å². The van der Waals surface area contributed by atoms with Crippen LogP contribution in [0.15, 0.2) is 18.2 Å². The quantitative estimate of drug-likeness (QED) is 0.775. The van der Waals surface area contributed by atoms with Gasteiger partial charge in [0, 0.05) is 19.5 Å². The van der Waals surface area contributed by atoms with Gasteiger partial charge in [0.1, 0.15) is 11.8 Å². The molecule has 2 heterocycles. The highest BCUT2D eigenvalue weighted by Crippen LogP contribution is 2.24. The fraction of sp³-hybridized carbons (Fsp3) is 0.429. The van der Waals surface area contributed by atoms with Crippen molar-refractivity contribution in [2.45, 2.75) is 31.8 Å². The van der Waals surface area contributed by atoms with Gasteiger partial charge in [0.25, 0.3) is 0 Å². The Balaban J connectivity index is 1.74. The van der Waals surface area contributed by atoms with Gasteiger partial charge in [-0.25, -0.2) is 0 Å². The van der Waals surface area contributed by atoms with Crippen LogP contribution in [0.3, 0.4) is 0 Å². The van der Waals surface area contributed by atoms with Gasteiger partial charge in [0.2, 0.25) is 11.8 Å². The molecule has 5 heteroatoms. The molecule has 1 fully saturated rings. The zero-order valence-electron chi connectivity index (χ0n) is 10.6. The Labute approximate surface area is 111 Å². The van der Waals surface area contributed by atoms with Crippen molar-refractivity contribution in [2.75, 3.05) is 6.54 Å². The Morgan fingerprint density at radius 3 is 2.89 bits per heavy atom. The van der Waals surface area contributed by atoms with Crippen molar-refractivity contribution >= 4 is 11.8 Å². The molecule has 0 radical (unpaired) electrons. The van der Waals surface area contributed by atoms with Crippen LogP contribution < -0.4 is 5.32 Å². The number of carbonyl (C=O) groups excluding carboxylic acids is 2. The lowest BCUT2D eigenvalue weighted by Gasteiger charge is -2.30. The zero-order valence-corrected chi connectivity index (χ0v) is 10.6. The van der Waals surface area contributed by atoms with E-state index in [9.17, 15) is 14.7 Å². The van der Waals surface area contributed by atoms with Gasteiger partial charge in [-0.3, -0.25) is 9.59 Å². The average Bonchev–Trinajstić information content (AvgIpc) is 2.83. The molecular weight excluding hydrogens is 244 g/mol. The highest BCUT2D eigenvalue weighted by Gasteiger charge is 2.32. The Kier molecular flexibility index (Phi) is 2.89. The molecule has 1 atom stereocenters. The second-order valence-electron chi connectivity index (χ2n) is 5.12. The third kappa shape index (κ3) is 2.28. The van der Waals surface area contributed by atoms with Crippen molar-refractivity contribution < 1.29 is 14.7 Å². The number of phenols is 1. The fourth-order valence-corrected chi connectivity index (χ4v) is 2.75. The number of hydrogen-bond donors (Lipinski definition) is 2. The summed E-state index contributed by atoms with van der Waals surface area (Å²) in [6.45, 7) is 1.18. The second kappa shape index (κ2) is 4.57. The van der Waals surface area contributed by atoms with Crippen LogP contribution in [0.5, 0.6) is 5.75 Å². The van der Waals surface area contributed by atoms with Gasteiger partial charge in [-0.15, -0.1) is 0 Å². The van der Waals surface area contributed by atoms with Crippen molar-refractivity contribution in [1.29, 1.82) is 0 Å². The van der Waals surface area contributed by atoms with E-state index in [1.807, 2.05) is 6.07 Å². The first-order valence-electron chi connectivity index (χ1n) is 6.52. The number of amides is 2. The van der Waals surface area contributed by atoms with Gasteiger partial charge < -0.3 is 15.3 Å². The minimum absolute atomic E-state index is 0.0140. The van der Waals surface area contributed by atoms with Gasteiger partial charge in [-0.2, -0.15) is 0 Å². The highest BCUT2D eigenvalue weighted by atomic mass is 16.3. The summed E-state index contributed by atoms with van der Waals surface area (Å²) in [5.41, 5.74) is 2.17. The summed E-state index contributed by atoms with van der Waals surface area (Å²) in [6.07, 6.45) is 1.81. The number of rotatable bonds is 1.